The van der Waals surface area contributed by atoms with Crippen LogP contribution in [0.4, 0.5) is 4.39 Å². The average Bonchev–Trinajstić information content (AvgIpc) is 3.00. The largest absolute Gasteiger partial charge is 0.496 e. The molecule has 3 aromatic carbocycles. The number of aryl methyl sites for hydroxylation is 1. The smallest absolute Gasteiger partial charge is 0.333 e. The molecule has 212 valence electrons. The number of esters is 1. The Balaban J connectivity index is 1.73. The molecule has 2 atom stereocenters. The highest BCUT2D eigenvalue weighted by Gasteiger charge is 2.35. The summed E-state index contributed by atoms with van der Waals surface area (Å²) in [5.74, 6) is -0.315. The summed E-state index contributed by atoms with van der Waals surface area (Å²) in [6, 6.07) is 19.8. The highest BCUT2D eigenvalue weighted by atomic mass is 19.1. The number of amides is 1. The van der Waals surface area contributed by atoms with Crippen molar-refractivity contribution in [3.05, 3.63) is 113 Å². The van der Waals surface area contributed by atoms with Crippen molar-refractivity contribution in [3.8, 4) is 11.5 Å². The number of hydrogen-bond acceptors (Lipinski definition) is 6. The number of carbonyl (C=O) groups excluding carboxylic acids is 3. The molecule has 8 heteroatoms. The van der Waals surface area contributed by atoms with Crippen LogP contribution < -0.4 is 9.47 Å². The van der Waals surface area contributed by atoms with Crippen LogP contribution in [0.5, 0.6) is 11.5 Å². The molecule has 7 nitrogen and oxygen atoms in total. The molecule has 0 saturated heterocycles. The fourth-order valence-corrected chi connectivity index (χ4v) is 4.84. The van der Waals surface area contributed by atoms with Crippen LogP contribution in [0.15, 0.2) is 90.0 Å². The predicted molar refractivity (Wildman–Crippen MR) is 153 cm³/mol. The highest BCUT2D eigenvalue weighted by molar-refractivity contribution is 6.14. The molecule has 0 aliphatic heterocycles. The van der Waals surface area contributed by atoms with Gasteiger partial charge in [0.2, 0.25) is 0 Å². The zero-order valence-corrected chi connectivity index (χ0v) is 23.2. The fraction of sp³-hybridized carbons (Fsp3) is 0.242. The Hall–Kier alpha value is -4.72. The maximum absolute atomic E-state index is 14.0. The van der Waals surface area contributed by atoms with Crippen molar-refractivity contribution in [2.24, 2.45) is 0 Å². The van der Waals surface area contributed by atoms with Gasteiger partial charge in [-0.3, -0.25) is 9.59 Å². The standard InChI is InChI=1S/C33H32FNO6/c1-22-8-4-6-10-30(22)41-29-18-25(33(38)40-3)17-28(19-29)35(20-23-12-14-27(34)15-13-23)32(37)26(21-36)16-24-9-5-7-11-31(24)39-2/h4-16,18,21,28-29H,17,19-20H2,1-3H3/b26-16+. The van der Waals surface area contributed by atoms with Crippen LogP contribution in [0.3, 0.4) is 0 Å². The molecule has 4 rings (SSSR count). The molecule has 3 aromatic rings. The van der Waals surface area contributed by atoms with Crippen LogP contribution >= 0.6 is 0 Å². The normalized spacial score (nSPS) is 16.8. The minimum atomic E-state index is -0.551. The van der Waals surface area contributed by atoms with Crippen molar-refractivity contribution in [1.29, 1.82) is 0 Å². The molecule has 0 spiro atoms. The van der Waals surface area contributed by atoms with Crippen molar-refractivity contribution in [1.82, 2.24) is 4.90 Å². The van der Waals surface area contributed by atoms with Gasteiger partial charge in [-0.15, -0.1) is 0 Å². The number of nitrogens with zero attached hydrogens (tertiary/aromatic N) is 1. The quantitative estimate of drug-likeness (QED) is 0.108. The van der Waals surface area contributed by atoms with Crippen LogP contribution in [0.25, 0.3) is 6.08 Å². The summed E-state index contributed by atoms with van der Waals surface area (Å²) in [4.78, 5) is 40.6. The van der Waals surface area contributed by atoms with E-state index in [2.05, 4.69) is 0 Å². The van der Waals surface area contributed by atoms with Gasteiger partial charge in [0.1, 0.15) is 23.4 Å². The number of halogens is 1. The Labute approximate surface area is 238 Å². The molecular weight excluding hydrogens is 525 g/mol. The molecule has 0 saturated carbocycles. The first-order chi connectivity index (χ1) is 19.8. The molecule has 0 fully saturated rings. The molecular formula is C33H32FNO6. The minimum Gasteiger partial charge on any atom is -0.496 e. The molecule has 1 aliphatic carbocycles. The lowest BCUT2D eigenvalue weighted by Gasteiger charge is -2.37. The van der Waals surface area contributed by atoms with Crippen molar-refractivity contribution >= 4 is 24.2 Å². The van der Waals surface area contributed by atoms with E-state index in [1.165, 1.54) is 37.3 Å². The van der Waals surface area contributed by atoms with Gasteiger partial charge in [0.15, 0.2) is 6.29 Å². The van der Waals surface area contributed by atoms with Crippen molar-refractivity contribution in [3.63, 3.8) is 0 Å². The highest BCUT2D eigenvalue weighted by Crippen LogP contribution is 2.31. The van der Waals surface area contributed by atoms with Gasteiger partial charge < -0.3 is 19.1 Å². The number of benzene rings is 3. The summed E-state index contributed by atoms with van der Waals surface area (Å²) < 4.78 is 30.4. The van der Waals surface area contributed by atoms with Gasteiger partial charge >= 0.3 is 5.97 Å². The van der Waals surface area contributed by atoms with E-state index in [4.69, 9.17) is 14.2 Å². The molecule has 0 aromatic heterocycles. The third-order valence-electron chi connectivity index (χ3n) is 6.96. The lowest BCUT2D eigenvalue weighted by atomic mass is 9.90. The summed E-state index contributed by atoms with van der Waals surface area (Å²) in [6.45, 7) is 2.00. The second kappa shape index (κ2) is 13.6. The van der Waals surface area contributed by atoms with Gasteiger partial charge in [0.05, 0.1) is 19.8 Å². The Morgan fingerprint density at radius 1 is 0.976 bits per heavy atom. The number of para-hydroxylation sites is 2. The zero-order valence-electron chi connectivity index (χ0n) is 23.2. The number of rotatable bonds is 10. The van der Waals surface area contributed by atoms with E-state index >= 15 is 0 Å². The summed E-state index contributed by atoms with van der Waals surface area (Å²) in [7, 11) is 2.80. The van der Waals surface area contributed by atoms with Crippen LogP contribution in [-0.2, 0) is 25.7 Å². The van der Waals surface area contributed by atoms with Gasteiger partial charge in [0, 0.05) is 30.1 Å². The molecule has 41 heavy (non-hydrogen) atoms. The summed E-state index contributed by atoms with van der Waals surface area (Å²) in [6.07, 6.45) is 3.70. The van der Waals surface area contributed by atoms with Gasteiger partial charge in [-0.1, -0.05) is 48.5 Å². The van der Waals surface area contributed by atoms with E-state index in [1.54, 1.807) is 42.5 Å². The Morgan fingerprint density at radius 2 is 1.66 bits per heavy atom. The van der Waals surface area contributed by atoms with Crippen LogP contribution in [-0.4, -0.2) is 49.4 Å². The van der Waals surface area contributed by atoms with Crippen LogP contribution in [0, 0.1) is 12.7 Å². The number of carbonyl (C=O) groups is 3. The number of ether oxygens (including phenoxy) is 3. The fourth-order valence-electron chi connectivity index (χ4n) is 4.84. The van der Waals surface area contributed by atoms with Gasteiger partial charge in [-0.25, -0.2) is 9.18 Å². The third-order valence-corrected chi connectivity index (χ3v) is 6.96. The second-order valence-corrected chi connectivity index (χ2v) is 9.72. The van der Waals surface area contributed by atoms with E-state index in [1.807, 2.05) is 31.2 Å². The van der Waals surface area contributed by atoms with Crippen molar-refractivity contribution in [2.75, 3.05) is 14.2 Å². The Bertz CT molecular complexity index is 1460. The number of aldehydes is 1. The Kier molecular flexibility index (Phi) is 9.68. The molecule has 2 unspecified atom stereocenters. The Morgan fingerprint density at radius 3 is 2.32 bits per heavy atom. The molecule has 1 amide bonds. The first kappa shape index (κ1) is 29.3. The maximum Gasteiger partial charge on any atom is 0.333 e. The summed E-state index contributed by atoms with van der Waals surface area (Å²) >= 11 is 0. The van der Waals surface area contributed by atoms with Gasteiger partial charge in [0.25, 0.3) is 5.91 Å². The number of hydrogen-bond donors (Lipinski definition) is 0. The molecule has 1 aliphatic rings. The maximum atomic E-state index is 14.0. The topological polar surface area (TPSA) is 82.1 Å². The monoisotopic (exact) mass is 557 g/mol. The van der Waals surface area contributed by atoms with E-state index in [9.17, 15) is 18.8 Å². The van der Waals surface area contributed by atoms with E-state index in [-0.39, 0.29) is 18.5 Å². The van der Waals surface area contributed by atoms with E-state index in [0.717, 1.165) is 5.56 Å². The zero-order chi connectivity index (χ0) is 29.4. The van der Waals surface area contributed by atoms with E-state index < -0.39 is 29.8 Å². The average molecular weight is 558 g/mol. The van der Waals surface area contributed by atoms with Gasteiger partial charge in [-0.05, 0) is 60.9 Å². The predicted octanol–water partition coefficient (Wildman–Crippen LogP) is 5.46. The summed E-state index contributed by atoms with van der Waals surface area (Å²) in [5, 5.41) is 0. The first-order valence-electron chi connectivity index (χ1n) is 13.2. The molecule has 0 bridgehead atoms. The molecule has 0 N–H and O–H groups in total. The van der Waals surface area contributed by atoms with Crippen molar-refractivity contribution < 1.29 is 33.0 Å². The van der Waals surface area contributed by atoms with Crippen molar-refractivity contribution in [2.45, 2.75) is 38.5 Å². The third kappa shape index (κ3) is 7.28. The van der Waals surface area contributed by atoms with Crippen LogP contribution in [0.2, 0.25) is 0 Å². The lowest BCUT2D eigenvalue weighted by molar-refractivity contribution is -0.138. The summed E-state index contributed by atoms with van der Waals surface area (Å²) in [5.41, 5.74) is 2.41. The first-order valence-corrected chi connectivity index (χ1v) is 13.2. The van der Waals surface area contributed by atoms with E-state index in [0.29, 0.717) is 40.9 Å². The van der Waals surface area contributed by atoms with Gasteiger partial charge in [-0.2, -0.15) is 0 Å². The minimum absolute atomic E-state index is 0.0758. The number of methoxy groups -OCH3 is 2. The molecule has 0 radical (unpaired) electrons. The molecule has 0 heterocycles. The van der Waals surface area contributed by atoms with Crippen LogP contribution in [0.1, 0.15) is 29.5 Å². The second-order valence-electron chi connectivity index (χ2n) is 9.72. The SMILES string of the molecule is COC(=O)C1=CC(Oc2ccccc2C)CC(N(Cc2ccc(F)cc2)C(=O)/C(C=O)=C/c2ccccc2OC)C1. The lowest BCUT2D eigenvalue weighted by Crippen LogP contribution is -2.45.